The van der Waals surface area contributed by atoms with Gasteiger partial charge in [-0.1, -0.05) is 43.6 Å². The van der Waals surface area contributed by atoms with Gasteiger partial charge in [-0.15, -0.1) is 0 Å². The van der Waals surface area contributed by atoms with Crippen molar-refractivity contribution in [3.63, 3.8) is 0 Å². The monoisotopic (exact) mass is 350 g/mol. The minimum atomic E-state index is -0.395. The smallest absolute Gasteiger partial charge is 0.341 e. The molecule has 0 aliphatic carbocycles. The Labute approximate surface area is 147 Å². The van der Waals surface area contributed by atoms with Gasteiger partial charge >= 0.3 is 5.97 Å². The fraction of sp³-hybridized carbons (Fsp3) is 0.444. The average Bonchev–Trinajstić information content (AvgIpc) is 3.01. The number of carbonyl (C=O) groups is 1. The SMILES string of the molecule is CC(C)CCOCCOC(=O)c1cnn(Cc2ccccc2Cl)c1. The molecular formula is C18H23ClN2O3. The van der Waals surface area contributed by atoms with E-state index in [1.165, 1.54) is 6.20 Å². The lowest BCUT2D eigenvalue weighted by Gasteiger charge is -2.07. The molecule has 24 heavy (non-hydrogen) atoms. The van der Waals surface area contributed by atoms with Gasteiger partial charge in [0.2, 0.25) is 0 Å². The molecule has 0 fully saturated rings. The van der Waals surface area contributed by atoms with Gasteiger partial charge in [0.1, 0.15) is 6.61 Å². The molecule has 0 N–H and O–H groups in total. The summed E-state index contributed by atoms with van der Waals surface area (Å²) in [6.45, 7) is 6.13. The largest absolute Gasteiger partial charge is 0.460 e. The molecule has 0 radical (unpaired) electrons. The molecule has 6 heteroatoms. The molecule has 5 nitrogen and oxygen atoms in total. The molecule has 0 amide bonds. The van der Waals surface area contributed by atoms with E-state index >= 15 is 0 Å². The van der Waals surface area contributed by atoms with Crippen molar-refractivity contribution in [1.82, 2.24) is 9.78 Å². The van der Waals surface area contributed by atoms with Gasteiger partial charge in [-0.2, -0.15) is 5.10 Å². The van der Waals surface area contributed by atoms with Gasteiger partial charge in [0.15, 0.2) is 0 Å². The molecule has 2 aromatic rings. The normalized spacial score (nSPS) is 11.0. The van der Waals surface area contributed by atoms with Crippen LogP contribution in [0.4, 0.5) is 0 Å². The first kappa shape index (κ1) is 18.5. The van der Waals surface area contributed by atoms with Crippen LogP contribution in [-0.4, -0.2) is 35.6 Å². The number of ether oxygens (including phenoxy) is 2. The molecule has 0 unspecified atom stereocenters. The molecule has 2 rings (SSSR count). The summed E-state index contributed by atoms with van der Waals surface area (Å²) in [5.41, 5.74) is 1.37. The standard InChI is InChI=1S/C18H23ClN2O3/c1-14(2)7-8-23-9-10-24-18(22)16-11-20-21(13-16)12-15-5-3-4-6-17(15)19/h3-6,11,13-14H,7-10,12H2,1-2H3. The van der Waals surface area contributed by atoms with Crippen molar-refractivity contribution in [2.24, 2.45) is 5.92 Å². The lowest BCUT2D eigenvalue weighted by Crippen LogP contribution is -2.11. The Morgan fingerprint density at radius 1 is 1.25 bits per heavy atom. The van der Waals surface area contributed by atoms with E-state index in [1.807, 2.05) is 24.3 Å². The highest BCUT2D eigenvalue weighted by atomic mass is 35.5. The van der Waals surface area contributed by atoms with Gasteiger partial charge in [-0.3, -0.25) is 4.68 Å². The summed E-state index contributed by atoms with van der Waals surface area (Å²) in [5, 5.41) is 4.85. The van der Waals surface area contributed by atoms with E-state index in [0.29, 0.717) is 36.3 Å². The van der Waals surface area contributed by atoms with Crippen LogP contribution in [0.1, 0.15) is 36.2 Å². The number of esters is 1. The third kappa shape index (κ3) is 5.98. The van der Waals surface area contributed by atoms with Crippen molar-refractivity contribution in [2.75, 3.05) is 19.8 Å². The molecule has 0 atom stereocenters. The summed E-state index contributed by atoms with van der Waals surface area (Å²) < 4.78 is 12.3. The highest BCUT2D eigenvalue weighted by Gasteiger charge is 2.11. The van der Waals surface area contributed by atoms with Crippen molar-refractivity contribution >= 4 is 17.6 Å². The van der Waals surface area contributed by atoms with Gasteiger partial charge in [0, 0.05) is 17.8 Å². The Hall–Kier alpha value is -1.85. The zero-order valence-corrected chi connectivity index (χ0v) is 14.8. The number of hydrogen-bond acceptors (Lipinski definition) is 4. The van der Waals surface area contributed by atoms with Crippen molar-refractivity contribution in [1.29, 1.82) is 0 Å². The summed E-state index contributed by atoms with van der Waals surface area (Å²) in [6, 6.07) is 7.55. The van der Waals surface area contributed by atoms with Crippen LogP contribution < -0.4 is 0 Å². The van der Waals surface area contributed by atoms with Gasteiger partial charge < -0.3 is 9.47 Å². The zero-order chi connectivity index (χ0) is 17.4. The van der Waals surface area contributed by atoms with Crippen molar-refractivity contribution < 1.29 is 14.3 Å². The summed E-state index contributed by atoms with van der Waals surface area (Å²) in [5.74, 6) is 0.212. The molecule has 0 aliphatic rings. The lowest BCUT2D eigenvalue weighted by molar-refractivity contribution is 0.0303. The summed E-state index contributed by atoms with van der Waals surface area (Å²) in [7, 11) is 0. The summed E-state index contributed by atoms with van der Waals surface area (Å²) in [6.07, 6.45) is 4.16. The predicted molar refractivity (Wildman–Crippen MR) is 93.3 cm³/mol. The number of aromatic nitrogens is 2. The van der Waals surface area contributed by atoms with E-state index in [-0.39, 0.29) is 6.61 Å². The Balaban J connectivity index is 1.76. The minimum absolute atomic E-state index is 0.243. The molecule has 0 saturated carbocycles. The molecule has 130 valence electrons. The van der Waals surface area contributed by atoms with Gasteiger partial charge in [0.05, 0.1) is 24.9 Å². The number of nitrogens with zero attached hydrogens (tertiary/aromatic N) is 2. The first-order valence-corrected chi connectivity index (χ1v) is 8.45. The molecule has 1 aromatic carbocycles. The maximum atomic E-state index is 12.0. The first-order valence-electron chi connectivity index (χ1n) is 8.07. The number of rotatable bonds is 9. The van der Waals surface area contributed by atoms with Crippen molar-refractivity contribution in [3.8, 4) is 0 Å². The highest BCUT2D eigenvalue weighted by Crippen LogP contribution is 2.16. The molecule has 1 aromatic heterocycles. The molecule has 0 aliphatic heterocycles. The van der Waals surface area contributed by atoms with E-state index in [0.717, 1.165) is 12.0 Å². The predicted octanol–water partition coefficient (Wildman–Crippen LogP) is 3.80. The second-order valence-electron chi connectivity index (χ2n) is 5.95. The van der Waals surface area contributed by atoms with Gasteiger partial charge in [-0.05, 0) is 24.0 Å². The molecule has 0 saturated heterocycles. The maximum Gasteiger partial charge on any atom is 0.341 e. The number of halogens is 1. The van der Waals surface area contributed by atoms with Crippen LogP contribution in [0.15, 0.2) is 36.7 Å². The van der Waals surface area contributed by atoms with Crippen LogP contribution in [0, 0.1) is 5.92 Å². The zero-order valence-electron chi connectivity index (χ0n) is 14.1. The number of benzene rings is 1. The minimum Gasteiger partial charge on any atom is -0.460 e. The van der Waals surface area contributed by atoms with E-state index in [2.05, 4.69) is 18.9 Å². The van der Waals surface area contributed by atoms with Crippen molar-refractivity contribution in [2.45, 2.75) is 26.8 Å². The van der Waals surface area contributed by atoms with Crippen LogP contribution in [0.25, 0.3) is 0 Å². The quantitative estimate of drug-likeness (QED) is 0.510. The van der Waals surface area contributed by atoms with E-state index in [1.54, 1.807) is 10.9 Å². The van der Waals surface area contributed by atoms with E-state index in [9.17, 15) is 4.79 Å². The highest BCUT2D eigenvalue weighted by molar-refractivity contribution is 6.31. The lowest BCUT2D eigenvalue weighted by atomic mass is 10.1. The summed E-state index contributed by atoms with van der Waals surface area (Å²) >= 11 is 6.13. The second kappa shape index (κ2) is 9.45. The average molecular weight is 351 g/mol. The second-order valence-corrected chi connectivity index (χ2v) is 6.36. The number of hydrogen-bond donors (Lipinski definition) is 0. The molecule has 0 bridgehead atoms. The van der Waals surface area contributed by atoms with Crippen LogP contribution in [-0.2, 0) is 16.0 Å². The first-order chi connectivity index (χ1) is 11.6. The fourth-order valence-corrected chi connectivity index (χ4v) is 2.25. The Morgan fingerprint density at radius 3 is 2.79 bits per heavy atom. The van der Waals surface area contributed by atoms with Crippen LogP contribution in [0.2, 0.25) is 5.02 Å². The number of carbonyl (C=O) groups excluding carboxylic acids is 1. The Kier molecular flexibility index (Phi) is 7.28. The third-order valence-electron chi connectivity index (χ3n) is 3.46. The molecular weight excluding hydrogens is 328 g/mol. The fourth-order valence-electron chi connectivity index (χ4n) is 2.05. The maximum absolute atomic E-state index is 12.0. The van der Waals surface area contributed by atoms with Gasteiger partial charge in [-0.25, -0.2) is 4.79 Å². The van der Waals surface area contributed by atoms with Crippen LogP contribution in [0.3, 0.4) is 0 Å². The van der Waals surface area contributed by atoms with E-state index < -0.39 is 5.97 Å². The third-order valence-corrected chi connectivity index (χ3v) is 3.83. The van der Waals surface area contributed by atoms with Gasteiger partial charge in [0.25, 0.3) is 0 Å². The van der Waals surface area contributed by atoms with Crippen LogP contribution >= 0.6 is 11.6 Å². The molecule has 1 heterocycles. The van der Waals surface area contributed by atoms with E-state index in [4.69, 9.17) is 21.1 Å². The topological polar surface area (TPSA) is 53.4 Å². The van der Waals surface area contributed by atoms with Crippen molar-refractivity contribution in [3.05, 3.63) is 52.8 Å². The summed E-state index contributed by atoms with van der Waals surface area (Å²) in [4.78, 5) is 12.0. The Morgan fingerprint density at radius 2 is 2.04 bits per heavy atom. The molecule has 0 spiro atoms. The van der Waals surface area contributed by atoms with Crippen LogP contribution in [0.5, 0.6) is 0 Å². The Bertz CT molecular complexity index is 655.